The van der Waals surface area contributed by atoms with E-state index in [0.29, 0.717) is 23.1 Å². The quantitative estimate of drug-likeness (QED) is 0.735. The lowest BCUT2D eigenvalue weighted by Gasteiger charge is -2.07. The van der Waals surface area contributed by atoms with Crippen molar-refractivity contribution in [1.29, 1.82) is 0 Å². The Morgan fingerprint density at radius 1 is 1.50 bits per heavy atom. The van der Waals surface area contributed by atoms with Gasteiger partial charge in [0, 0.05) is 0 Å². The summed E-state index contributed by atoms with van der Waals surface area (Å²) in [7, 11) is 0. The zero-order valence-electron chi connectivity index (χ0n) is 7.01. The van der Waals surface area contributed by atoms with Crippen LogP contribution in [0.4, 0.5) is 5.69 Å². The molecule has 2 N–H and O–H groups in total. The van der Waals surface area contributed by atoms with Gasteiger partial charge < -0.3 is 10.5 Å². The molecule has 66 valence electrons. The van der Waals surface area contributed by atoms with E-state index in [1.165, 1.54) is 0 Å². The van der Waals surface area contributed by atoms with Crippen molar-refractivity contribution in [3.63, 3.8) is 0 Å². The lowest BCUT2D eigenvalue weighted by molar-refractivity contribution is 0.319. The highest BCUT2D eigenvalue weighted by Crippen LogP contribution is 2.28. The second-order valence-electron chi connectivity index (χ2n) is 2.50. The van der Waals surface area contributed by atoms with Crippen LogP contribution in [0.15, 0.2) is 18.2 Å². The van der Waals surface area contributed by atoms with Crippen LogP contribution >= 0.6 is 11.6 Å². The average Bonchev–Trinajstić information content (AvgIpc) is 2.08. The van der Waals surface area contributed by atoms with Crippen molar-refractivity contribution in [2.75, 3.05) is 12.3 Å². The smallest absolute Gasteiger partial charge is 0.143 e. The summed E-state index contributed by atoms with van der Waals surface area (Å²) in [6.45, 7) is 2.71. The molecule has 0 amide bonds. The van der Waals surface area contributed by atoms with Gasteiger partial charge in [-0.1, -0.05) is 24.6 Å². The molecule has 0 spiro atoms. The van der Waals surface area contributed by atoms with Crippen molar-refractivity contribution in [1.82, 2.24) is 0 Å². The van der Waals surface area contributed by atoms with Gasteiger partial charge in [-0.15, -0.1) is 0 Å². The lowest BCUT2D eigenvalue weighted by atomic mass is 10.3. The van der Waals surface area contributed by atoms with Crippen molar-refractivity contribution in [2.24, 2.45) is 0 Å². The van der Waals surface area contributed by atoms with Crippen LogP contribution in [0, 0.1) is 0 Å². The monoisotopic (exact) mass is 185 g/mol. The first kappa shape index (κ1) is 9.20. The molecular weight excluding hydrogens is 174 g/mol. The second-order valence-corrected chi connectivity index (χ2v) is 2.91. The third-order valence-corrected chi connectivity index (χ3v) is 1.80. The van der Waals surface area contributed by atoms with E-state index in [-0.39, 0.29) is 0 Å². The summed E-state index contributed by atoms with van der Waals surface area (Å²) in [5.74, 6) is 0.671. The van der Waals surface area contributed by atoms with Gasteiger partial charge in [0.05, 0.1) is 17.3 Å². The molecule has 0 aliphatic carbocycles. The molecule has 12 heavy (non-hydrogen) atoms. The van der Waals surface area contributed by atoms with Gasteiger partial charge in [-0.05, 0) is 18.6 Å². The fourth-order valence-electron chi connectivity index (χ4n) is 0.855. The molecule has 0 bridgehead atoms. The minimum Gasteiger partial charge on any atom is -0.491 e. The van der Waals surface area contributed by atoms with Crippen molar-refractivity contribution in [3.8, 4) is 5.75 Å². The van der Waals surface area contributed by atoms with E-state index in [4.69, 9.17) is 22.1 Å². The molecule has 0 unspecified atom stereocenters. The predicted octanol–water partition coefficient (Wildman–Crippen LogP) is 2.71. The lowest BCUT2D eigenvalue weighted by Crippen LogP contribution is -1.98. The Hall–Kier alpha value is -0.890. The summed E-state index contributed by atoms with van der Waals surface area (Å²) in [5.41, 5.74) is 6.19. The molecule has 0 aliphatic heterocycles. The third kappa shape index (κ3) is 2.05. The molecule has 3 heteroatoms. The van der Waals surface area contributed by atoms with E-state index in [9.17, 15) is 0 Å². The molecule has 1 aromatic rings. The maximum absolute atomic E-state index is 5.79. The van der Waals surface area contributed by atoms with Gasteiger partial charge in [-0.2, -0.15) is 0 Å². The van der Waals surface area contributed by atoms with Crippen LogP contribution in [0.3, 0.4) is 0 Å². The van der Waals surface area contributed by atoms with E-state index >= 15 is 0 Å². The summed E-state index contributed by atoms with van der Waals surface area (Å²) in [5, 5.41) is 0.545. The fourth-order valence-corrected chi connectivity index (χ4v) is 1.02. The van der Waals surface area contributed by atoms with Crippen molar-refractivity contribution < 1.29 is 4.74 Å². The summed E-state index contributed by atoms with van der Waals surface area (Å²) >= 11 is 5.79. The van der Waals surface area contributed by atoms with Gasteiger partial charge in [0.2, 0.25) is 0 Å². The normalized spacial score (nSPS) is 9.83. The number of ether oxygens (including phenoxy) is 1. The first-order valence-corrected chi connectivity index (χ1v) is 4.30. The standard InChI is InChI=1S/C9H12ClNO/c1-2-6-12-8-5-3-4-7(10)9(8)11/h3-5H,2,6,11H2,1H3. The number of rotatable bonds is 3. The fraction of sp³-hybridized carbons (Fsp3) is 0.333. The minimum absolute atomic E-state index is 0.521. The van der Waals surface area contributed by atoms with E-state index in [2.05, 4.69) is 0 Å². The number of anilines is 1. The minimum atomic E-state index is 0.521. The maximum Gasteiger partial charge on any atom is 0.143 e. The third-order valence-electron chi connectivity index (χ3n) is 1.47. The largest absolute Gasteiger partial charge is 0.491 e. The van der Waals surface area contributed by atoms with Crippen LogP contribution < -0.4 is 10.5 Å². The first-order chi connectivity index (χ1) is 5.75. The van der Waals surface area contributed by atoms with Gasteiger partial charge >= 0.3 is 0 Å². The molecule has 0 aliphatic rings. The summed E-state index contributed by atoms with van der Waals surface area (Å²) in [4.78, 5) is 0. The van der Waals surface area contributed by atoms with Gasteiger partial charge in [0.15, 0.2) is 0 Å². The molecule has 0 atom stereocenters. The highest BCUT2D eigenvalue weighted by Gasteiger charge is 2.02. The van der Waals surface area contributed by atoms with E-state index in [0.717, 1.165) is 6.42 Å². The number of para-hydroxylation sites is 1. The molecule has 1 aromatic carbocycles. The second kappa shape index (κ2) is 4.21. The Labute approximate surface area is 77.3 Å². The Balaban J connectivity index is 2.78. The van der Waals surface area contributed by atoms with Crippen LogP contribution in [0.25, 0.3) is 0 Å². The van der Waals surface area contributed by atoms with E-state index in [1.54, 1.807) is 6.07 Å². The molecule has 0 fully saturated rings. The van der Waals surface area contributed by atoms with Gasteiger partial charge in [-0.25, -0.2) is 0 Å². The molecule has 0 aromatic heterocycles. The number of benzene rings is 1. The zero-order chi connectivity index (χ0) is 8.97. The van der Waals surface area contributed by atoms with Gasteiger partial charge in [-0.3, -0.25) is 0 Å². The molecule has 2 nitrogen and oxygen atoms in total. The van der Waals surface area contributed by atoms with Crippen LogP contribution in [0.1, 0.15) is 13.3 Å². The molecule has 0 heterocycles. The predicted molar refractivity (Wildman–Crippen MR) is 51.7 cm³/mol. The molecule has 1 rings (SSSR count). The summed E-state index contributed by atoms with van der Waals surface area (Å²) in [6, 6.07) is 5.39. The van der Waals surface area contributed by atoms with E-state index in [1.807, 2.05) is 19.1 Å². The molecule has 0 saturated heterocycles. The van der Waals surface area contributed by atoms with Gasteiger partial charge in [0.1, 0.15) is 5.75 Å². The van der Waals surface area contributed by atoms with Crippen LogP contribution in [0.2, 0.25) is 5.02 Å². The number of hydrogen-bond acceptors (Lipinski definition) is 2. The number of nitrogen functional groups attached to an aromatic ring is 1. The van der Waals surface area contributed by atoms with Crippen LogP contribution in [-0.2, 0) is 0 Å². The van der Waals surface area contributed by atoms with Crippen molar-refractivity contribution in [2.45, 2.75) is 13.3 Å². The van der Waals surface area contributed by atoms with Crippen molar-refractivity contribution >= 4 is 17.3 Å². The molecule has 0 radical (unpaired) electrons. The SMILES string of the molecule is CCCOc1cccc(Cl)c1N. The summed E-state index contributed by atoms with van der Waals surface area (Å²) in [6.07, 6.45) is 0.964. The van der Waals surface area contributed by atoms with Gasteiger partial charge in [0.25, 0.3) is 0 Å². The zero-order valence-corrected chi connectivity index (χ0v) is 7.77. The Kier molecular flexibility index (Phi) is 3.23. The molecular formula is C9H12ClNO. The number of halogens is 1. The Morgan fingerprint density at radius 2 is 2.25 bits per heavy atom. The highest BCUT2D eigenvalue weighted by atomic mass is 35.5. The number of hydrogen-bond donors (Lipinski definition) is 1. The summed E-state index contributed by atoms with van der Waals surface area (Å²) < 4.78 is 5.36. The van der Waals surface area contributed by atoms with Crippen LogP contribution in [-0.4, -0.2) is 6.61 Å². The number of nitrogens with two attached hydrogens (primary N) is 1. The van der Waals surface area contributed by atoms with E-state index < -0.39 is 0 Å². The Bertz CT molecular complexity index is 263. The topological polar surface area (TPSA) is 35.2 Å². The maximum atomic E-state index is 5.79. The Morgan fingerprint density at radius 3 is 2.92 bits per heavy atom. The highest BCUT2D eigenvalue weighted by molar-refractivity contribution is 6.33. The first-order valence-electron chi connectivity index (χ1n) is 3.92. The average molecular weight is 186 g/mol. The van der Waals surface area contributed by atoms with Crippen molar-refractivity contribution in [3.05, 3.63) is 23.2 Å². The van der Waals surface area contributed by atoms with Crippen LogP contribution in [0.5, 0.6) is 5.75 Å². The molecule has 0 saturated carbocycles.